The van der Waals surface area contributed by atoms with Crippen molar-refractivity contribution in [1.29, 1.82) is 0 Å². The van der Waals surface area contributed by atoms with Crippen LogP contribution in [-0.4, -0.2) is 44.3 Å². The summed E-state index contributed by atoms with van der Waals surface area (Å²) in [6.07, 6.45) is 1.07. The van der Waals surface area contributed by atoms with Gasteiger partial charge in [-0.05, 0) is 68.7 Å². The van der Waals surface area contributed by atoms with E-state index in [1.807, 2.05) is 27.7 Å². The average molecular weight is 605 g/mol. The molecular weight excluding hydrogens is 569 g/mol. The number of amides is 2. The highest BCUT2D eigenvalue weighted by atomic mass is 35.5. The molecular formula is C30H35Cl2N3O4S. The molecule has 1 atom stereocenters. The zero-order valence-corrected chi connectivity index (χ0v) is 25.5. The Bertz CT molecular complexity index is 1430. The highest BCUT2D eigenvalue weighted by molar-refractivity contribution is 7.92. The first-order valence-electron chi connectivity index (χ1n) is 13.1. The fourth-order valence-corrected chi connectivity index (χ4v) is 5.93. The Balaban J connectivity index is 2.06. The van der Waals surface area contributed by atoms with Crippen molar-refractivity contribution in [2.75, 3.05) is 17.4 Å². The summed E-state index contributed by atoms with van der Waals surface area (Å²) in [5, 5.41) is 3.55. The van der Waals surface area contributed by atoms with Crippen molar-refractivity contribution < 1.29 is 18.0 Å². The number of benzene rings is 3. The molecule has 0 bridgehead atoms. The zero-order valence-electron chi connectivity index (χ0n) is 23.2. The maximum Gasteiger partial charge on any atom is 0.264 e. The third-order valence-corrected chi connectivity index (χ3v) is 9.01. The number of carbonyl (C=O) groups is 2. The van der Waals surface area contributed by atoms with Crippen LogP contribution in [0.3, 0.4) is 0 Å². The number of anilines is 1. The van der Waals surface area contributed by atoms with Crippen LogP contribution in [-0.2, 0) is 26.2 Å². The monoisotopic (exact) mass is 603 g/mol. The summed E-state index contributed by atoms with van der Waals surface area (Å²) >= 11 is 12.3. The Kier molecular flexibility index (Phi) is 11.0. The van der Waals surface area contributed by atoms with Crippen molar-refractivity contribution in [2.45, 2.75) is 58.0 Å². The normalized spacial score (nSPS) is 12.1. The van der Waals surface area contributed by atoms with Gasteiger partial charge in [-0.1, -0.05) is 78.5 Å². The molecule has 7 nitrogen and oxygen atoms in total. The smallest absolute Gasteiger partial charge is 0.264 e. The van der Waals surface area contributed by atoms with Crippen molar-refractivity contribution >= 4 is 50.7 Å². The lowest BCUT2D eigenvalue weighted by molar-refractivity contribution is -0.140. The quantitative estimate of drug-likeness (QED) is 0.269. The van der Waals surface area contributed by atoms with E-state index in [4.69, 9.17) is 23.2 Å². The highest BCUT2D eigenvalue weighted by Crippen LogP contribution is 2.27. The lowest BCUT2D eigenvalue weighted by Gasteiger charge is -2.33. The van der Waals surface area contributed by atoms with Crippen LogP contribution in [0.15, 0.2) is 71.6 Å². The predicted molar refractivity (Wildman–Crippen MR) is 161 cm³/mol. The lowest BCUT2D eigenvalue weighted by atomic mass is 10.1. The maximum atomic E-state index is 14.0. The number of hydrogen-bond acceptors (Lipinski definition) is 4. The summed E-state index contributed by atoms with van der Waals surface area (Å²) in [7, 11) is -4.12. The molecule has 3 aromatic carbocycles. The van der Waals surface area contributed by atoms with Crippen LogP contribution in [0, 0.1) is 13.8 Å². The van der Waals surface area contributed by atoms with Crippen molar-refractivity contribution in [2.24, 2.45) is 0 Å². The van der Waals surface area contributed by atoms with E-state index < -0.39 is 28.5 Å². The van der Waals surface area contributed by atoms with Gasteiger partial charge in [0.05, 0.1) is 20.6 Å². The SMILES string of the molecule is CCCNC(=O)[C@H](CC)N(Cc1ccc(Cl)c(Cl)c1)C(=O)CN(c1ccc(C)cc1)S(=O)(=O)c1ccc(C)cc1. The first-order chi connectivity index (χ1) is 19.0. The minimum absolute atomic E-state index is 0.0418. The zero-order chi connectivity index (χ0) is 29.4. The number of aryl methyl sites for hydroxylation is 2. The minimum Gasteiger partial charge on any atom is -0.354 e. The van der Waals surface area contributed by atoms with E-state index in [1.54, 1.807) is 54.6 Å². The largest absolute Gasteiger partial charge is 0.354 e. The highest BCUT2D eigenvalue weighted by Gasteiger charge is 2.33. The third-order valence-electron chi connectivity index (χ3n) is 6.48. The molecule has 0 aliphatic carbocycles. The molecule has 0 spiro atoms. The van der Waals surface area contributed by atoms with E-state index in [1.165, 1.54) is 17.0 Å². The van der Waals surface area contributed by atoms with Gasteiger partial charge in [0, 0.05) is 13.1 Å². The van der Waals surface area contributed by atoms with E-state index in [0.717, 1.165) is 21.9 Å². The van der Waals surface area contributed by atoms with Crippen LogP contribution in [0.5, 0.6) is 0 Å². The summed E-state index contributed by atoms with van der Waals surface area (Å²) in [5.41, 5.74) is 2.86. The molecule has 0 saturated carbocycles. The Morgan fingerprint density at radius 1 is 0.875 bits per heavy atom. The van der Waals surface area contributed by atoms with Gasteiger partial charge < -0.3 is 10.2 Å². The van der Waals surface area contributed by atoms with E-state index in [2.05, 4.69) is 5.32 Å². The average Bonchev–Trinajstić information content (AvgIpc) is 2.93. The van der Waals surface area contributed by atoms with Crippen LogP contribution in [0.2, 0.25) is 10.0 Å². The number of carbonyl (C=O) groups excluding carboxylic acids is 2. The molecule has 0 aromatic heterocycles. The summed E-state index contributed by atoms with van der Waals surface area (Å²) < 4.78 is 28.9. The van der Waals surface area contributed by atoms with E-state index in [-0.39, 0.29) is 17.3 Å². The molecule has 3 aromatic rings. The van der Waals surface area contributed by atoms with Gasteiger partial charge in [0.2, 0.25) is 11.8 Å². The Morgan fingerprint density at radius 2 is 1.48 bits per heavy atom. The van der Waals surface area contributed by atoms with E-state index in [0.29, 0.717) is 34.3 Å². The summed E-state index contributed by atoms with van der Waals surface area (Å²) in [6, 6.07) is 17.6. The molecule has 3 rings (SSSR count). The van der Waals surface area contributed by atoms with Gasteiger partial charge in [-0.2, -0.15) is 0 Å². The van der Waals surface area contributed by atoms with Crippen LogP contribution in [0.25, 0.3) is 0 Å². The molecule has 0 heterocycles. The molecule has 0 radical (unpaired) electrons. The Labute approximate surface area is 247 Å². The number of sulfonamides is 1. The second kappa shape index (κ2) is 14.0. The van der Waals surface area contributed by atoms with Crippen LogP contribution in [0.1, 0.15) is 43.4 Å². The lowest BCUT2D eigenvalue weighted by Crippen LogP contribution is -2.52. The molecule has 0 aliphatic heterocycles. The van der Waals surface area contributed by atoms with Crippen molar-refractivity contribution in [3.63, 3.8) is 0 Å². The standard InChI is InChI=1S/C30H35Cl2N3O4S/c1-5-17-33-30(37)28(6-2)34(19-23-11-16-26(31)27(32)18-23)29(36)20-35(24-12-7-21(3)8-13-24)40(38,39)25-14-9-22(4)10-15-25/h7-16,18,28H,5-6,17,19-20H2,1-4H3,(H,33,37)/t28-/m0/s1. The first kappa shape index (κ1) is 31.5. The fraction of sp³-hybridized carbons (Fsp3) is 0.333. The fourth-order valence-electron chi connectivity index (χ4n) is 4.20. The van der Waals surface area contributed by atoms with Gasteiger partial charge in [-0.15, -0.1) is 0 Å². The molecule has 0 saturated heterocycles. The second-order valence-electron chi connectivity index (χ2n) is 9.65. The van der Waals surface area contributed by atoms with Crippen LogP contribution < -0.4 is 9.62 Å². The van der Waals surface area contributed by atoms with Crippen molar-refractivity contribution in [3.8, 4) is 0 Å². The van der Waals surface area contributed by atoms with E-state index in [9.17, 15) is 18.0 Å². The molecule has 0 unspecified atom stereocenters. The number of rotatable bonds is 12. The summed E-state index contributed by atoms with van der Waals surface area (Å²) in [4.78, 5) is 28.7. The predicted octanol–water partition coefficient (Wildman–Crippen LogP) is 6.14. The molecule has 214 valence electrons. The Morgan fingerprint density at radius 3 is 2.02 bits per heavy atom. The molecule has 0 aliphatic rings. The first-order valence-corrected chi connectivity index (χ1v) is 15.3. The van der Waals surface area contributed by atoms with Crippen LogP contribution in [0.4, 0.5) is 5.69 Å². The molecule has 2 amide bonds. The topological polar surface area (TPSA) is 86.8 Å². The van der Waals surface area contributed by atoms with Crippen molar-refractivity contribution in [1.82, 2.24) is 10.2 Å². The minimum atomic E-state index is -4.12. The third kappa shape index (κ3) is 7.77. The number of nitrogens with one attached hydrogen (secondary N) is 1. The molecule has 0 fully saturated rings. The van der Waals surface area contributed by atoms with Gasteiger partial charge >= 0.3 is 0 Å². The van der Waals surface area contributed by atoms with Crippen molar-refractivity contribution in [3.05, 3.63) is 93.5 Å². The van der Waals surface area contributed by atoms with Crippen LogP contribution >= 0.6 is 23.2 Å². The second-order valence-corrected chi connectivity index (χ2v) is 12.3. The summed E-state index contributed by atoms with van der Waals surface area (Å²) in [5.74, 6) is -0.832. The van der Waals surface area contributed by atoms with Gasteiger partial charge in [-0.3, -0.25) is 13.9 Å². The molecule has 10 heteroatoms. The number of nitrogens with zero attached hydrogens (tertiary/aromatic N) is 2. The van der Waals surface area contributed by atoms with Gasteiger partial charge in [0.15, 0.2) is 0 Å². The molecule has 1 N–H and O–H groups in total. The van der Waals surface area contributed by atoms with Gasteiger partial charge in [0.1, 0.15) is 12.6 Å². The van der Waals surface area contributed by atoms with Gasteiger partial charge in [-0.25, -0.2) is 8.42 Å². The Hall–Kier alpha value is -3.07. The molecule has 40 heavy (non-hydrogen) atoms. The summed E-state index contributed by atoms with van der Waals surface area (Å²) in [6.45, 7) is 7.52. The maximum absolute atomic E-state index is 14.0. The number of hydrogen-bond donors (Lipinski definition) is 1. The van der Waals surface area contributed by atoms with E-state index >= 15 is 0 Å². The van der Waals surface area contributed by atoms with Gasteiger partial charge in [0.25, 0.3) is 10.0 Å². The number of halogens is 2.